The second kappa shape index (κ2) is 4.78. The molecule has 5 heteroatoms. The van der Waals surface area contributed by atoms with Crippen LogP contribution in [-0.2, 0) is 11.3 Å². The summed E-state index contributed by atoms with van der Waals surface area (Å²) in [4.78, 5) is 16.5. The van der Waals surface area contributed by atoms with Crippen LogP contribution in [0.5, 0.6) is 0 Å². The molecule has 0 aromatic carbocycles. The van der Waals surface area contributed by atoms with Crippen LogP contribution in [0.3, 0.4) is 0 Å². The van der Waals surface area contributed by atoms with E-state index in [0.29, 0.717) is 24.8 Å². The molecule has 21 heavy (non-hydrogen) atoms. The average Bonchev–Trinajstić information content (AvgIpc) is 2.85. The second-order valence-electron chi connectivity index (χ2n) is 7.56. The number of nitrogens with one attached hydrogen (secondary N) is 1. The lowest BCUT2D eigenvalue weighted by molar-refractivity contribution is -0.169. The number of nitrogens with zero attached hydrogens (tertiary/aromatic N) is 1. The van der Waals surface area contributed by atoms with Crippen molar-refractivity contribution in [2.75, 3.05) is 0 Å². The minimum Gasteiger partial charge on any atom is -0.390 e. The highest BCUT2D eigenvalue weighted by Crippen LogP contribution is 2.62. The standard InChI is InChI=1S/C16H22N2O2S/c19-13(18-9-14-17-1-2-21-14)8-15-4-11-3-12(5-15)7-16(20,6-11)10-15/h1-2,11-12,20H,3-10H2,(H,18,19)/t11-,12-,15?,16?/m1/s1. The van der Waals surface area contributed by atoms with Crippen LogP contribution in [0, 0.1) is 17.3 Å². The van der Waals surface area contributed by atoms with Gasteiger partial charge in [0.05, 0.1) is 12.1 Å². The van der Waals surface area contributed by atoms with E-state index in [0.717, 1.165) is 37.1 Å². The highest BCUT2D eigenvalue weighted by atomic mass is 32.1. The Morgan fingerprint density at radius 3 is 2.76 bits per heavy atom. The molecule has 4 bridgehead atoms. The first-order chi connectivity index (χ1) is 10.0. The van der Waals surface area contributed by atoms with Crippen LogP contribution in [-0.4, -0.2) is 21.6 Å². The van der Waals surface area contributed by atoms with E-state index < -0.39 is 5.60 Å². The Bertz CT molecular complexity index is 528. The van der Waals surface area contributed by atoms with E-state index in [4.69, 9.17) is 0 Å². The molecule has 0 spiro atoms. The summed E-state index contributed by atoms with van der Waals surface area (Å²) in [7, 11) is 0. The number of aliphatic hydroxyl groups is 1. The normalized spacial score (nSPS) is 40.4. The van der Waals surface area contributed by atoms with Crippen molar-refractivity contribution in [3.8, 4) is 0 Å². The maximum Gasteiger partial charge on any atom is 0.220 e. The maximum absolute atomic E-state index is 12.3. The Morgan fingerprint density at radius 1 is 1.38 bits per heavy atom. The van der Waals surface area contributed by atoms with Gasteiger partial charge in [-0.1, -0.05) is 0 Å². The molecule has 0 unspecified atom stereocenters. The first kappa shape index (κ1) is 13.7. The SMILES string of the molecule is O=C(CC12C[C@H]3C[C@@H](CC(O)(C3)C1)C2)NCc1nccs1. The summed E-state index contributed by atoms with van der Waals surface area (Å²) in [5, 5.41) is 16.6. The summed E-state index contributed by atoms with van der Waals surface area (Å²) >= 11 is 1.57. The second-order valence-corrected chi connectivity index (χ2v) is 8.54. The highest BCUT2D eigenvalue weighted by Gasteiger charge is 2.57. The van der Waals surface area contributed by atoms with E-state index in [-0.39, 0.29) is 11.3 Å². The van der Waals surface area contributed by atoms with Crippen LogP contribution in [0.4, 0.5) is 0 Å². The number of hydrogen-bond donors (Lipinski definition) is 2. The molecule has 0 aliphatic heterocycles. The van der Waals surface area contributed by atoms with Crippen LogP contribution in [0.15, 0.2) is 11.6 Å². The fraction of sp³-hybridized carbons (Fsp3) is 0.750. The maximum atomic E-state index is 12.3. The molecular formula is C16H22N2O2S. The molecule has 0 radical (unpaired) electrons. The van der Waals surface area contributed by atoms with Gasteiger partial charge in [-0.25, -0.2) is 4.98 Å². The van der Waals surface area contributed by atoms with Crippen LogP contribution in [0.1, 0.15) is 50.0 Å². The largest absolute Gasteiger partial charge is 0.390 e. The summed E-state index contributed by atoms with van der Waals surface area (Å²) in [5.74, 6) is 1.40. The number of aromatic nitrogens is 1. The molecule has 2 N–H and O–H groups in total. The Hall–Kier alpha value is -0.940. The average molecular weight is 306 g/mol. The molecule has 1 aromatic heterocycles. The van der Waals surface area contributed by atoms with Gasteiger partial charge >= 0.3 is 0 Å². The number of rotatable bonds is 4. The van der Waals surface area contributed by atoms with Gasteiger partial charge in [-0.3, -0.25) is 4.79 Å². The van der Waals surface area contributed by atoms with Gasteiger partial charge in [0.2, 0.25) is 5.91 Å². The third kappa shape index (κ3) is 2.61. The predicted octanol–water partition coefficient (Wildman–Crippen LogP) is 2.48. The van der Waals surface area contributed by atoms with Gasteiger partial charge < -0.3 is 10.4 Å². The molecule has 0 saturated heterocycles. The molecule has 4 aliphatic carbocycles. The molecule has 4 fully saturated rings. The van der Waals surface area contributed by atoms with Gasteiger partial charge in [-0.15, -0.1) is 11.3 Å². The zero-order valence-electron chi connectivity index (χ0n) is 12.2. The van der Waals surface area contributed by atoms with Crippen LogP contribution >= 0.6 is 11.3 Å². The Morgan fingerprint density at radius 2 is 2.14 bits per heavy atom. The minimum absolute atomic E-state index is 0.0613. The van der Waals surface area contributed by atoms with E-state index in [1.807, 2.05) is 5.38 Å². The number of amides is 1. The lowest BCUT2D eigenvalue weighted by Crippen LogP contribution is -2.56. The molecule has 1 heterocycles. The third-order valence-electron chi connectivity index (χ3n) is 5.61. The Labute approximate surface area is 129 Å². The van der Waals surface area contributed by atoms with Crippen LogP contribution in [0.2, 0.25) is 0 Å². The summed E-state index contributed by atoms with van der Waals surface area (Å²) in [6.45, 7) is 0.531. The number of carbonyl (C=O) groups is 1. The van der Waals surface area contributed by atoms with Crippen molar-refractivity contribution >= 4 is 17.2 Å². The van der Waals surface area contributed by atoms with Crippen molar-refractivity contribution in [1.29, 1.82) is 0 Å². The van der Waals surface area contributed by atoms with Crippen LogP contribution < -0.4 is 5.32 Å². The zero-order chi connectivity index (χ0) is 14.5. The summed E-state index contributed by atoms with van der Waals surface area (Å²) in [6, 6.07) is 0. The molecule has 4 aliphatic rings. The summed E-state index contributed by atoms with van der Waals surface area (Å²) in [6.07, 6.45) is 8.64. The smallest absolute Gasteiger partial charge is 0.220 e. The van der Waals surface area contributed by atoms with E-state index >= 15 is 0 Å². The van der Waals surface area contributed by atoms with Gasteiger partial charge in [0, 0.05) is 18.0 Å². The van der Waals surface area contributed by atoms with E-state index in [9.17, 15) is 9.90 Å². The number of carbonyl (C=O) groups excluding carboxylic acids is 1. The van der Waals surface area contributed by atoms with Crippen molar-refractivity contribution in [3.63, 3.8) is 0 Å². The van der Waals surface area contributed by atoms with E-state index in [1.54, 1.807) is 17.5 Å². The third-order valence-corrected chi connectivity index (χ3v) is 6.39. The van der Waals surface area contributed by atoms with E-state index in [1.165, 1.54) is 6.42 Å². The van der Waals surface area contributed by atoms with Crippen molar-refractivity contribution in [3.05, 3.63) is 16.6 Å². The fourth-order valence-electron chi connectivity index (χ4n) is 5.53. The van der Waals surface area contributed by atoms with Gasteiger partial charge in [0.15, 0.2) is 0 Å². The zero-order valence-corrected chi connectivity index (χ0v) is 13.0. The van der Waals surface area contributed by atoms with Gasteiger partial charge in [0.1, 0.15) is 5.01 Å². The summed E-state index contributed by atoms with van der Waals surface area (Å²) < 4.78 is 0. The topological polar surface area (TPSA) is 62.2 Å². The fourth-order valence-corrected chi connectivity index (χ4v) is 6.08. The molecule has 5 rings (SSSR count). The number of hydrogen-bond acceptors (Lipinski definition) is 4. The molecule has 1 amide bonds. The number of thiazole rings is 1. The van der Waals surface area contributed by atoms with Gasteiger partial charge in [-0.2, -0.15) is 0 Å². The van der Waals surface area contributed by atoms with Crippen molar-refractivity contribution in [1.82, 2.24) is 10.3 Å². The lowest BCUT2D eigenvalue weighted by Gasteiger charge is -2.60. The van der Waals surface area contributed by atoms with Gasteiger partial charge in [0.25, 0.3) is 0 Å². The first-order valence-corrected chi connectivity index (χ1v) is 8.80. The predicted molar refractivity (Wildman–Crippen MR) is 80.6 cm³/mol. The lowest BCUT2D eigenvalue weighted by atomic mass is 9.47. The monoisotopic (exact) mass is 306 g/mol. The van der Waals surface area contributed by atoms with Crippen molar-refractivity contribution in [2.45, 2.75) is 57.1 Å². The minimum atomic E-state index is -0.473. The van der Waals surface area contributed by atoms with Crippen molar-refractivity contribution in [2.24, 2.45) is 17.3 Å². The Kier molecular flexibility index (Phi) is 3.12. The van der Waals surface area contributed by atoms with Crippen LogP contribution in [0.25, 0.3) is 0 Å². The first-order valence-electron chi connectivity index (χ1n) is 7.92. The van der Waals surface area contributed by atoms with Crippen molar-refractivity contribution < 1.29 is 9.90 Å². The molecule has 1 aromatic rings. The molecule has 114 valence electrons. The van der Waals surface area contributed by atoms with Gasteiger partial charge in [-0.05, 0) is 55.8 Å². The molecular weight excluding hydrogens is 284 g/mol. The Balaban J connectivity index is 1.41. The summed E-state index contributed by atoms with van der Waals surface area (Å²) in [5.41, 5.74) is -0.411. The quantitative estimate of drug-likeness (QED) is 0.898. The van der Waals surface area contributed by atoms with E-state index in [2.05, 4.69) is 10.3 Å². The molecule has 4 saturated carbocycles. The highest BCUT2D eigenvalue weighted by molar-refractivity contribution is 7.09. The molecule has 2 atom stereocenters. The molecule has 4 nitrogen and oxygen atoms in total.